The molecule has 0 aromatic heterocycles. The minimum Gasteiger partial charge on any atom is -0.404 e. The Morgan fingerprint density at radius 1 is 1.28 bits per heavy atom. The quantitative estimate of drug-likeness (QED) is 0.883. The first-order chi connectivity index (χ1) is 8.42. The van der Waals surface area contributed by atoms with Crippen molar-refractivity contribution in [3.63, 3.8) is 0 Å². The summed E-state index contributed by atoms with van der Waals surface area (Å²) < 4.78 is 41.0. The largest absolute Gasteiger partial charge is 0.573 e. The lowest BCUT2D eigenvalue weighted by Gasteiger charge is -2.26. The number of halogens is 3. The number of rotatable bonds is 3. The van der Waals surface area contributed by atoms with E-state index in [-0.39, 0.29) is 11.2 Å². The molecular formula is C13H16F3NO. The average molecular weight is 259 g/mol. The number of alkyl halides is 3. The van der Waals surface area contributed by atoms with Crippen LogP contribution in [0, 0.1) is 0 Å². The molecule has 0 saturated heterocycles. The standard InChI is InChI=1S/C13H16F3NO/c1-3-12(4-2)8-17-11-9(12)6-5-7-10(11)18-13(14,15)16/h5-7,17H,3-4,8H2,1-2H3. The third-order valence-corrected chi connectivity index (χ3v) is 3.78. The van der Waals surface area contributed by atoms with Crippen molar-refractivity contribution in [3.05, 3.63) is 23.8 Å². The highest BCUT2D eigenvalue weighted by molar-refractivity contribution is 5.68. The van der Waals surface area contributed by atoms with Crippen LogP contribution >= 0.6 is 0 Å². The van der Waals surface area contributed by atoms with E-state index in [1.54, 1.807) is 6.07 Å². The molecule has 1 aliphatic rings. The monoisotopic (exact) mass is 259 g/mol. The van der Waals surface area contributed by atoms with Crippen LogP contribution in [-0.4, -0.2) is 12.9 Å². The summed E-state index contributed by atoms with van der Waals surface area (Å²) in [4.78, 5) is 0. The van der Waals surface area contributed by atoms with Crippen LogP contribution in [0.15, 0.2) is 18.2 Å². The zero-order valence-electron chi connectivity index (χ0n) is 10.4. The van der Waals surface area contributed by atoms with Crippen molar-refractivity contribution >= 4 is 5.69 Å². The molecule has 1 aliphatic heterocycles. The van der Waals surface area contributed by atoms with Gasteiger partial charge in [0.25, 0.3) is 0 Å². The number of hydrogen-bond acceptors (Lipinski definition) is 2. The van der Waals surface area contributed by atoms with Crippen LogP contribution in [0.5, 0.6) is 5.75 Å². The summed E-state index contributed by atoms with van der Waals surface area (Å²) in [6, 6.07) is 4.85. The number of ether oxygens (including phenoxy) is 1. The van der Waals surface area contributed by atoms with Gasteiger partial charge in [0.2, 0.25) is 0 Å². The van der Waals surface area contributed by atoms with Gasteiger partial charge in [-0.15, -0.1) is 13.2 Å². The number of anilines is 1. The zero-order chi connectivity index (χ0) is 13.4. The fourth-order valence-corrected chi connectivity index (χ4v) is 2.60. The summed E-state index contributed by atoms with van der Waals surface area (Å²) in [6.45, 7) is 4.77. The van der Waals surface area contributed by atoms with E-state index in [0.717, 1.165) is 18.4 Å². The molecule has 1 heterocycles. The van der Waals surface area contributed by atoms with E-state index >= 15 is 0 Å². The van der Waals surface area contributed by atoms with Crippen LogP contribution in [0.3, 0.4) is 0 Å². The SMILES string of the molecule is CCC1(CC)CNc2c(OC(F)(F)F)cccc21. The van der Waals surface area contributed by atoms with E-state index in [1.807, 2.05) is 6.07 Å². The maximum atomic E-state index is 12.3. The van der Waals surface area contributed by atoms with E-state index in [2.05, 4.69) is 23.9 Å². The van der Waals surface area contributed by atoms with E-state index < -0.39 is 6.36 Å². The summed E-state index contributed by atoms with van der Waals surface area (Å²) in [6.07, 6.45) is -2.88. The molecule has 2 nitrogen and oxygen atoms in total. The van der Waals surface area contributed by atoms with Gasteiger partial charge in [0.05, 0.1) is 5.69 Å². The van der Waals surface area contributed by atoms with Crippen molar-refractivity contribution < 1.29 is 17.9 Å². The third-order valence-electron chi connectivity index (χ3n) is 3.78. The molecule has 0 radical (unpaired) electrons. The number of fused-ring (bicyclic) bond motifs is 1. The van der Waals surface area contributed by atoms with Crippen LogP contribution in [-0.2, 0) is 5.41 Å². The summed E-state index contributed by atoms with van der Waals surface area (Å²) in [5.41, 5.74) is 1.33. The van der Waals surface area contributed by atoms with Crippen molar-refractivity contribution in [2.24, 2.45) is 0 Å². The first kappa shape index (κ1) is 13.1. The lowest BCUT2D eigenvalue weighted by Crippen LogP contribution is -2.26. The summed E-state index contributed by atoms with van der Waals surface area (Å²) in [7, 11) is 0. The van der Waals surface area contributed by atoms with Gasteiger partial charge in [-0.25, -0.2) is 0 Å². The molecular weight excluding hydrogens is 243 g/mol. The highest BCUT2D eigenvalue weighted by atomic mass is 19.4. The van der Waals surface area contributed by atoms with Crippen molar-refractivity contribution in [1.82, 2.24) is 0 Å². The highest BCUT2D eigenvalue weighted by Crippen LogP contribution is 2.46. The van der Waals surface area contributed by atoms with Crippen LogP contribution < -0.4 is 10.1 Å². The van der Waals surface area contributed by atoms with Gasteiger partial charge in [-0.3, -0.25) is 0 Å². The van der Waals surface area contributed by atoms with E-state index in [0.29, 0.717) is 12.2 Å². The third kappa shape index (κ3) is 2.13. The number of benzene rings is 1. The molecule has 0 atom stereocenters. The van der Waals surface area contributed by atoms with E-state index in [9.17, 15) is 13.2 Å². The van der Waals surface area contributed by atoms with Crippen molar-refractivity contribution in [3.8, 4) is 5.75 Å². The normalized spacial score (nSPS) is 17.2. The molecule has 0 amide bonds. The van der Waals surface area contributed by atoms with Crippen molar-refractivity contribution in [2.75, 3.05) is 11.9 Å². The van der Waals surface area contributed by atoms with Gasteiger partial charge in [0.15, 0.2) is 5.75 Å². The summed E-state index contributed by atoms with van der Waals surface area (Å²) >= 11 is 0. The second-order valence-corrected chi connectivity index (χ2v) is 4.57. The Bertz CT molecular complexity index is 438. The van der Waals surface area contributed by atoms with Gasteiger partial charge in [-0.1, -0.05) is 26.0 Å². The fraction of sp³-hybridized carbons (Fsp3) is 0.538. The summed E-state index contributed by atoms with van der Waals surface area (Å²) in [5, 5.41) is 3.06. The first-order valence-electron chi connectivity index (χ1n) is 6.05. The molecule has 0 unspecified atom stereocenters. The van der Waals surface area contributed by atoms with E-state index in [4.69, 9.17) is 0 Å². The van der Waals surface area contributed by atoms with Crippen LogP contribution in [0.4, 0.5) is 18.9 Å². The molecule has 2 rings (SSSR count). The Balaban J connectivity index is 2.42. The molecule has 0 bridgehead atoms. The van der Waals surface area contributed by atoms with Crippen molar-refractivity contribution in [2.45, 2.75) is 38.5 Å². The van der Waals surface area contributed by atoms with Crippen LogP contribution in [0.25, 0.3) is 0 Å². The van der Waals surface area contributed by atoms with Crippen LogP contribution in [0.1, 0.15) is 32.3 Å². The Kier molecular flexibility index (Phi) is 3.17. The van der Waals surface area contributed by atoms with Gasteiger partial charge in [0.1, 0.15) is 0 Å². The number of para-hydroxylation sites is 1. The molecule has 1 aromatic carbocycles. The highest BCUT2D eigenvalue weighted by Gasteiger charge is 2.39. The maximum absolute atomic E-state index is 12.3. The minimum absolute atomic E-state index is 0.0830. The topological polar surface area (TPSA) is 21.3 Å². The van der Waals surface area contributed by atoms with Gasteiger partial charge >= 0.3 is 6.36 Å². The molecule has 1 N–H and O–H groups in total. The number of hydrogen-bond donors (Lipinski definition) is 1. The summed E-state index contributed by atoms with van der Waals surface area (Å²) in [5.74, 6) is -0.135. The van der Waals surface area contributed by atoms with Crippen LogP contribution in [0.2, 0.25) is 0 Å². The smallest absolute Gasteiger partial charge is 0.404 e. The van der Waals surface area contributed by atoms with Gasteiger partial charge < -0.3 is 10.1 Å². The Hall–Kier alpha value is -1.39. The number of nitrogens with one attached hydrogen (secondary N) is 1. The maximum Gasteiger partial charge on any atom is 0.573 e. The first-order valence-corrected chi connectivity index (χ1v) is 6.05. The molecule has 1 aromatic rings. The molecule has 18 heavy (non-hydrogen) atoms. The second kappa shape index (κ2) is 4.37. The Labute approximate surface area is 104 Å². The van der Waals surface area contributed by atoms with Gasteiger partial charge in [-0.2, -0.15) is 0 Å². The average Bonchev–Trinajstić information content (AvgIpc) is 2.68. The van der Waals surface area contributed by atoms with Crippen molar-refractivity contribution in [1.29, 1.82) is 0 Å². The lowest BCUT2D eigenvalue weighted by molar-refractivity contribution is -0.274. The molecule has 0 fully saturated rings. The van der Waals surface area contributed by atoms with E-state index in [1.165, 1.54) is 6.07 Å². The zero-order valence-corrected chi connectivity index (χ0v) is 10.4. The molecule has 0 aliphatic carbocycles. The second-order valence-electron chi connectivity index (χ2n) is 4.57. The molecule has 100 valence electrons. The molecule has 5 heteroatoms. The minimum atomic E-state index is -4.65. The fourth-order valence-electron chi connectivity index (χ4n) is 2.60. The predicted octanol–water partition coefficient (Wildman–Crippen LogP) is 4.07. The molecule has 0 spiro atoms. The predicted molar refractivity (Wildman–Crippen MR) is 63.9 cm³/mol. The molecule has 0 saturated carbocycles. The Morgan fingerprint density at radius 2 is 1.94 bits per heavy atom. The Morgan fingerprint density at radius 3 is 2.50 bits per heavy atom. The van der Waals surface area contributed by atoms with Gasteiger partial charge in [0, 0.05) is 12.0 Å². The lowest BCUT2D eigenvalue weighted by atomic mass is 9.77. The van der Waals surface area contributed by atoms with Gasteiger partial charge in [-0.05, 0) is 24.5 Å².